The Balaban J connectivity index is 1.83. The first-order valence-electron chi connectivity index (χ1n) is 13.6. The highest BCUT2D eigenvalue weighted by atomic mass is 16.5. The Kier molecular flexibility index (Phi) is 6.52. The van der Waals surface area contributed by atoms with Crippen LogP contribution in [-0.2, 0) is 14.3 Å². The normalized spacial score (nSPS) is 39.2. The monoisotopic (exact) mass is 480 g/mol. The van der Waals surface area contributed by atoms with Crippen molar-refractivity contribution in [3.05, 3.63) is 46.3 Å². The molecule has 0 aliphatic heterocycles. The van der Waals surface area contributed by atoms with Gasteiger partial charge >= 0.3 is 5.97 Å². The molecule has 5 atom stereocenters. The number of allylic oxidation sites excluding steroid dienone is 7. The largest absolute Gasteiger partial charge is 0.504 e. The molecule has 4 heteroatoms. The van der Waals surface area contributed by atoms with Crippen LogP contribution in [0.3, 0.4) is 0 Å². The molecule has 2 fully saturated rings. The van der Waals surface area contributed by atoms with Gasteiger partial charge in [0.15, 0.2) is 5.76 Å². The van der Waals surface area contributed by atoms with Crippen LogP contribution in [0.15, 0.2) is 46.3 Å². The van der Waals surface area contributed by atoms with Crippen molar-refractivity contribution in [3.8, 4) is 0 Å². The van der Waals surface area contributed by atoms with Crippen molar-refractivity contribution in [2.75, 3.05) is 7.11 Å². The number of methoxy groups -OCH3 is 1. The predicted octanol–water partition coefficient (Wildman–Crippen LogP) is 7.57. The van der Waals surface area contributed by atoms with E-state index < -0.39 is 5.41 Å². The van der Waals surface area contributed by atoms with Crippen LogP contribution in [0.4, 0.5) is 0 Å². The molecule has 0 bridgehead atoms. The van der Waals surface area contributed by atoms with Gasteiger partial charge in [-0.3, -0.25) is 9.59 Å². The van der Waals surface area contributed by atoms with Crippen molar-refractivity contribution >= 4 is 11.8 Å². The molecular formula is C31H44O4. The summed E-state index contributed by atoms with van der Waals surface area (Å²) < 4.78 is 5.25. The lowest BCUT2D eigenvalue weighted by molar-refractivity contribution is -0.158. The third-order valence-electron chi connectivity index (χ3n) is 10.8. The number of carbonyl (C=O) groups is 2. The number of aliphatic hydroxyl groups excluding tert-OH is 1. The Morgan fingerprint density at radius 3 is 2.51 bits per heavy atom. The first kappa shape index (κ1) is 26.0. The number of aliphatic hydroxyl groups is 1. The molecule has 1 N–H and O–H groups in total. The van der Waals surface area contributed by atoms with Gasteiger partial charge < -0.3 is 9.84 Å². The molecule has 0 spiro atoms. The van der Waals surface area contributed by atoms with Gasteiger partial charge in [0.25, 0.3) is 0 Å². The van der Waals surface area contributed by atoms with Crippen molar-refractivity contribution in [3.63, 3.8) is 0 Å². The molecule has 0 amide bonds. The predicted molar refractivity (Wildman–Crippen MR) is 140 cm³/mol. The van der Waals surface area contributed by atoms with Gasteiger partial charge in [-0.25, -0.2) is 0 Å². The molecule has 192 valence electrons. The summed E-state index contributed by atoms with van der Waals surface area (Å²) in [6.45, 7) is 13.5. The molecule has 4 rings (SSSR count). The van der Waals surface area contributed by atoms with E-state index in [1.54, 1.807) is 6.08 Å². The average molecular weight is 481 g/mol. The van der Waals surface area contributed by atoms with Gasteiger partial charge in [-0.1, -0.05) is 64.7 Å². The Bertz CT molecular complexity index is 1060. The van der Waals surface area contributed by atoms with Gasteiger partial charge in [-0.05, 0) is 86.3 Å². The number of esters is 1. The van der Waals surface area contributed by atoms with Crippen LogP contribution in [0, 0.1) is 27.6 Å². The SMILES string of the molecule is CCCC[C@]1(C)C2=CC=C3C(=CC(=O)C(O)=C3C)C2(C)CC[C@@]1(C)[C@H]1CCC[C@@](C)(C(=O)OC)C1. The minimum absolute atomic E-state index is 0.0425. The summed E-state index contributed by atoms with van der Waals surface area (Å²) in [5.41, 5.74) is 3.53. The zero-order valence-electron chi connectivity index (χ0n) is 22.8. The van der Waals surface area contributed by atoms with Crippen molar-refractivity contribution in [1.29, 1.82) is 0 Å². The third kappa shape index (κ3) is 3.69. The van der Waals surface area contributed by atoms with Gasteiger partial charge in [0.2, 0.25) is 5.78 Å². The lowest BCUT2D eigenvalue weighted by Crippen LogP contribution is -2.55. The molecule has 0 aromatic heterocycles. The lowest BCUT2D eigenvalue weighted by atomic mass is 9.40. The Morgan fingerprint density at radius 1 is 1.14 bits per heavy atom. The van der Waals surface area contributed by atoms with E-state index in [2.05, 4.69) is 46.8 Å². The zero-order valence-corrected chi connectivity index (χ0v) is 22.8. The van der Waals surface area contributed by atoms with Gasteiger partial charge in [-0.15, -0.1) is 0 Å². The molecule has 1 unspecified atom stereocenters. The number of carbonyl (C=O) groups excluding carboxylic acids is 2. The summed E-state index contributed by atoms with van der Waals surface area (Å²) >= 11 is 0. The van der Waals surface area contributed by atoms with Crippen molar-refractivity contribution < 1.29 is 19.4 Å². The summed E-state index contributed by atoms with van der Waals surface area (Å²) in [7, 11) is 1.51. The van der Waals surface area contributed by atoms with Crippen LogP contribution in [0.5, 0.6) is 0 Å². The van der Waals surface area contributed by atoms with Crippen LogP contribution >= 0.6 is 0 Å². The number of rotatable bonds is 5. The van der Waals surface area contributed by atoms with Gasteiger partial charge in [0.1, 0.15) is 0 Å². The number of ether oxygens (including phenoxy) is 1. The molecule has 35 heavy (non-hydrogen) atoms. The van der Waals surface area contributed by atoms with E-state index >= 15 is 0 Å². The van der Waals surface area contributed by atoms with Crippen LogP contribution in [0.25, 0.3) is 0 Å². The highest BCUT2D eigenvalue weighted by Gasteiger charge is 2.61. The van der Waals surface area contributed by atoms with E-state index in [0.29, 0.717) is 11.5 Å². The van der Waals surface area contributed by atoms with E-state index in [-0.39, 0.29) is 33.8 Å². The molecule has 0 aromatic rings. The first-order chi connectivity index (χ1) is 16.4. The fourth-order valence-corrected chi connectivity index (χ4v) is 8.18. The minimum atomic E-state index is -0.418. The second-order valence-corrected chi connectivity index (χ2v) is 12.6. The van der Waals surface area contributed by atoms with Crippen LogP contribution in [0.2, 0.25) is 0 Å². The number of ketones is 1. The first-order valence-corrected chi connectivity index (χ1v) is 13.6. The maximum Gasteiger partial charge on any atom is 0.311 e. The average Bonchev–Trinajstić information content (AvgIpc) is 2.84. The molecule has 0 aromatic carbocycles. The molecule has 0 saturated heterocycles. The molecule has 0 heterocycles. The Hall–Kier alpha value is -2.10. The Labute approximate surface area is 211 Å². The summed E-state index contributed by atoms with van der Waals surface area (Å²) in [5, 5.41) is 10.3. The molecule has 4 aliphatic carbocycles. The zero-order chi connectivity index (χ0) is 25.8. The van der Waals surface area contributed by atoms with Gasteiger partial charge in [0.05, 0.1) is 12.5 Å². The lowest BCUT2D eigenvalue weighted by Gasteiger charge is -2.63. The van der Waals surface area contributed by atoms with E-state index in [9.17, 15) is 14.7 Å². The maximum absolute atomic E-state index is 12.8. The highest BCUT2D eigenvalue weighted by molar-refractivity contribution is 6.06. The van der Waals surface area contributed by atoms with Crippen LogP contribution in [-0.4, -0.2) is 24.0 Å². The van der Waals surface area contributed by atoms with E-state index in [0.717, 1.165) is 68.9 Å². The summed E-state index contributed by atoms with van der Waals surface area (Å²) in [4.78, 5) is 25.4. The fraction of sp³-hybridized carbons (Fsp3) is 0.677. The topological polar surface area (TPSA) is 63.6 Å². The minimum Gasteiger partial charge on any atom is -0.504 e. The summed E-state index contributed by atoms with van der Waals surface area (Å²) in [6.07, 6.45) is 15.5. The molecule has 0 radical (unpaired) electrons. The molecular weight excluding hydrogens is 436 g/mol. The third-order valence-corrected chi connectivity index (χ3v) is 10.8. The maximum atomic E-state index is 12.8. The van der Waals surface area contributed by atoms with E-state index in [1.165, 1.54) is 12.7 Å². The van der Waals surface area contributed by atoms with Crippen molar-refractivity contribution in [1.82, 2.24) is 0 Å². The van der Waals surface area contributed by atoms with Crippen molar-refractivity contribution in [2.45, 2.75) is 99.3 Å². The number of hydrogen-bond donors (Lipinski definition) is 1. The fourth-order valence-electron chi connectivity index (χ4n) is 8.18. The smallest absolute Gasteiger partial charge is 0.311 e. The van der Waals surface area contributed by atoms with Crippen molar-refractivity contribution in [2.24, 2.45) is 27.6 Å². The second-order valence-electron chi connectivity index (χ2n) is 12.6. The molecule has 4 nitrogen and oxygen atoms in total. The quantitative estimate of drug-likeness (QED) is 0.412. The summed E-state index contributed by atoms with van der Waals surface area (Å²) in [5.74, 6) is -0.0363. The van der Waals surface area contributed by atoms with Crippen LogP contribution in [0.1, 0.15) is 99.3 Å². The van der Waals surface area contributed by atoms with Gasteiger partial charge in [-0.2, -0.15) is 0 Å². The van der Waals surface area contributed by atoms with Gasteiger partial charge in [0, 0.05) is 11.0 Å². The second kappa shape index (κ2) is 8.78. The Morgan fingerprint density at radius 2 is 1.86 bits per heavy atom. The van der Waals surface area contributed by atoms with E-state index in [4.69, 9.17) is 4.74 Å². The molecule has 2 saturated carbocycles. The number of hydrogen-bond acceptors (Lipinski definition) is 4. The highest BCUT2D eigenvalue weighted by Crippen LogP contribution is 2.70. The van der Waals surface area contributed by atoms with E-state index in [1.807, 2.05) is 6.92 Å². The summed E-state index contributed by atoms with van der Waals surface area (Å²) in [6, 6.07) is 0. The number of unbranched alkanes of at least 4 members (excludes halogenated alkanes) is 1. The molecule has 4 aliphatic rings. The standard InChI is InChI=1S/C31H44O4/c1-8-9-15-31(6)25-13-12-22-20(2)26(33)24(32)18-23(22)29(25,4)16-17-30(31,5)21-11-10-14-28(3,19-21)27(34)35-7/h12-13,18,21,33H,8-11,14-17,19H2,1-7H3/t21-,28+,29?,30-,31+/m0/s1. The number of fused-ring (bicyclic) bond motifs is 3. The van der Waals surface area contributed by atoms with Crippen LogP contribution < -0.4 is 0 Å².